The van der Waals surface area contributed by atoms with E-state index in [-0.39, 0.29) is 11.8 Å². The Balaban J connectivity index is 1.16. The van der Waals surface area contributed by atoms with E-state index in [1.165, 1.54) is 81.9 Å². The highest BCUT2D eigenvalue weighted by molar-refractivity contribution is 6.30. The van der Waals surface area contributed by atoms with Crippen molar-refractivity contribution in [1.82, 2.24) is 14.4 Å². The van der Waals surface area contributed by atoms with Crippen molar-refractivity contribution in [3.63, 3.8) is 0 Å². The van der Waals surface area contributed by atoms with Crippen molar-refractivity contribution in [2.24, 2.45) is 0 Å². The molecule has 1 aliphatic rings. The Hall–Kier alpha value is -2.83. The zero-order valence-corrected chi connectivity index (χ0v) is 31.2. The highest BCUT2D eigenvalue weighted by Crippen LogP contribution is 2.32. The van der Waals surface area contributed by atoms with Crippen LogP contribution in [0.1, 0.15) is 112 Å². The van der Waals surface area contributed by atoms with Gasteiger partial charge in [0.2, 0.25) is 5.78 Å². The van der Waals surface area contributed by atoms with E-state index in [0.29, 0.717) is 5.76 Å². The SMILES string of the molecule is CCCCCCCCCCCCCCC(C(=O)c1ccco1)N1CCN(Cc2cc(-c3ccc(Cl)cc3)n(-c3ccc(Cl)cc3)c2C)CC1. The summed E-state index contributed by atoms with van der Waals surface area (Å²) in [6.07, 6.45) is 18.3. The number of unbranched alkanes of at least 4 members (excludes halogenated alkanes) is 11. The number of carbonyl (C=O) groups is 1. The summed E-state index contributed by atoms with van der Waals surface area (Å²) >= 11 is 12.5. The lowest BCUT2D eigenvalue weighted by Gasteiger charge is -2.38. The molecule has 264 valence electrons. The lowest BCUT2D eigenvalue weighted by molar-refractivity contribution is 0.0604. The summed E-state index contributed by atoms with van der Waals surface area (Å²) in [6.45, 7) is 8.92. The molecule has 0 N–H and O–H groups in total. The number of Topliss-reactive ketones (excluding diaryl/α,β-unsaturated/α-hetero) is 1. The molecule has 2 aromatic carbocycles. The summed E-state index contributed by atoms with van der Waals surface area (Å²) in [7, 11) is 0. The molecule has 49 heavy (non-hydrogen) atoms. The number of carbonyl (C=O) groups excluding carboxylic acids is 1. The number of hydrogen-bond acceptors (Lipinski definition) is 4. The molecule has 0 amide bonds. The van der Waals surface area contributed by atoms with E-state index in [0.717, 1.165) is 72.6 Å². The van der Waals surface area contributed by atoms with E-state index in [9.17, 15) is 4.79 Å². The number of benzene rings is 2. The number of piperazine rings is 1. The van der Waals surface area contributed by atoms with E-state index in [4.69, 9.17) is 27.6 Å². The third-order valence-electron chi connectivity index (χ3n) is 10.2. The molecule has 0 aliphatic carbocycles. The normalized spacial score (nSPS) is 14.8. The van der Waals surface area contributed by atoms with Gasteiger partial charge in [-0.25, -0.2) is 0 Å². The van der Waals surface area contributed by atoms with Crippen LogP contribution >= 0.6 is 23.2 Å². The molecule has 0 bridgehead atoms. The molecule has 7 heteroatoms. The van der Waals surface area contributed by atoms with Gasteiger partial charge in [0.15, 0.2) is 5.76 Å². The summed E-state index contributed by atoms with van der Waals surface area (Å²) in [5.41, 5.74) is 5.85. The molecule has 1 saturated heterocycles. The van der Waals surface area contributed by atoms with E-state index in [2.05, 4.69) is 58.5 Å². The van der Waals surface area contributed by atoms with Crippen LogP contribution in [0.3, 0.4) is 0 Å². The molecule has 0 radical (unpaired) electrons. The molecule has 0 spiro atoms. The van der Waals surface area contributed by atoms with Crippen LogP contribution in [-0.4, -0.2) is 52.4 Å². The number of hydrogen-bond donors (Lipinski definition) is 0. The molecule has 4 aromatic rings. The first-order chi connectivity index (χ1) is 23.9. The van der Waals surface area contributed by atoms with Gasteiger partial charge in [-0.2, -0.15) is 0 Å². The zero-order chi connectivity index (χ0) is 34.4. The van der Waals surface area contributed by atoms with E-state index in [1.54, 1.807) is 6.26 Å². The molecule has 1 aliphatic heterocycles. The molecular formula is C42H55Cl2N3O2. The standard InChI is InChI=1S/C42H55Cl2N3O2/c1-3-4-5-6-7-8-9-10-11-12-13-14-16-39(42(48)41-17-15-30-49-41)46-28-26-45(27-29-46)32-35-31-40(34-18-20-36(43)21-19-34)47(33(35)2)38-24-22-37(44)23-25-38/h15,17-25,30-31,39H,3-14,16,26-29,32H2,1-2H3. The molecule has 5 nitrogen and oxygen atoms in total. The lowest BCUT2D eigenvalue weighted by Crippen LogP contribution is -2.52. The largest absolute Gasteiger partial charge is 0.461 e. The van der Waals surface area contributed by atoms with Crippen molar-refractivity contribution in [3.8, 4) is 16.9 Å². The minimum absolute atomic E-state index is 0.124. The fourth-order valence-electron chi connectivity index (χ4n) is 7.29. The highest BCUT2D eigenvalue weighted by Gasteiger charge is 2.31. The highest BCUT2D eigenvalue weighted by atomic mass is 35.5. The Kier molecular flexibility index (Phi) is 14.9. The van der Waals surface area contributed by atoms with Gasteiger partial charge < -0.3 is 8.98 Å². The summed E-state index contributed by atoms with van der Waals surface area (Å²) < 4.78 is 7.91. The van der Waals surface area contributed by atoms with E-state index in [1.807, 2.05) is 36.4 Å². The summed E-state index contributed by atoms with van der Waals surface area (Å²) in [5.74, 6) is 0.616. The number of aromatic nitrogens is 1. The van der Waals surface area contributed by atoms with Crippen molar-refractivity contribution in [1.29, 1.82) is 0 Å². The second kappa shape index (κ2) is 19.5. The first kappa shape index (κ1) is 37.4. The Bertz CT molecular complexity index is 1540. The second-order valence-electron chi connectivity index (χ2n) is 13.8. The number of rotatable bonds is 20. The van der Waals surface area contributed by atoms with Gasteiger partial charge in [0.1, 0.15) is 0 Å². The Morgan fingerprint density at radius 2 is 1.33 bits per heavy atom. The van der Waals surface area contributed by atoms with Gasteiger partial charge in [0.25, 0.3) is 0 Å². The third kappa shape index (κ3) is 10.8. The van der Waals surface area contributed by atoms with Crippen LogP contribution in [0.25, 0.3) is 16.9 Å². The fourth-order valence-corrected chi connectivity index (χ4v) is 7.54. The molecule has 1 atom stereocenters. The average molecular weight is 705 g/mol. The lowest BCUT2D eigenvalue weighted by atomic mass is 9.99. The summed E-state index contributed by atoms with van der Waals surface area (Å²) in [5, 5.41) is 1.45. The smallest absolute Gasteiger partial charge is 0.215 e. The van der Waals surface area contributed by atoms with Crippen molar-refractivity contribution in [3.05, 3.63) is 100 Å². The quantitative estimate of drug-likeness (QED) is 0.0678. The predicted molar refractivity (Wildman–Crippen MR) is 205 cm³/mol. The second-order valence-corrected chi connectivity index (χ2v) is 14.7. The van der Waals surface area contributed by atoms with Gasteiger partial charge >= 0.3 is 0 Å². The van der Waals surface area contributed by atoms with Crippen LogP contribution in [0.15, 0.2) is 77.4 Å². The molecule has 1 unspecified atom stereocenters. The van der Waals surface area contributed by atoms with E-state index >= 15 is 0 Å². The van der Waals surface area contributed by atoms with Crippen molar-refractivity contribution in [2.45, 2.75) is 110 Å². The minimum atomic E-state index is -0.124. The number of halogens is 2. The van der Waals surface area contributed by atoms with Gasteiger partial charge in [0, 0.05) is 54.2 Å². The minimum Gasteiger partial charge on any atom is -0.461 e. The Morgan fingerprint density at radius 1 is 0.755 bits per heavy atom. The monoisotopic (exact) mass is 703 g/mol. The average Bonchev–Trinajstić information content (AvgIpc) is 3.77. The maximum atomic E-state index is 13.6. The van der Waals surface area contributed by atoms with Gasteiger partial charge in [-0.1, -0.05) is 119 Å². The van der Waals surface area contributed by atoms with Crippen molar-refractivity contribution in [2.75, 3.05) is 26.2 Å². The van der Waals surface area contributed by atoms with Gasteiger partial charge in [-0.15, -0.1) is 0 Å². The van der Waals surface area contributed by atoms with Crippen LogP contribution in [0.2, 0.25) is 10.0 Å². The molecule has 0 saturated carbocycles. The molecular weight excluding hydrogens is 649 g/mol. The van der Waals surface area contributed by atoms with Crippen LogP contribution in [0.5, 0.6) is 0 Å². The van der Waals surface area contributed by atoms with Gasteiger partial charge in [-0.05, 0) is 79.1 Å². The predicted octanol–water partition coefficient (Wildman–Crippen LogP) is 11.8. The molecule has 5 rings (SSSR count). The van der Waals surface area contributed by atoms with E-state index < -0.39 is 0 Å². The van der Waals surface area contributed by atoms with Gasteiger partial charge in [-0.3, -0.25) is 14.6 Å². The van der Waals surface area contributed by atoms with Gasteiger partial charge in [0.05, 0.1) is 18.0 Å². The maximum Gasteiger partial charge on any atom is 0.215 e. The fraction of sp³-hybridized carbons (Fsp3) is 0.500. The third-order valence-corrected chi connectivity index (χ3v) is 10.7. The summed E-state index contributed by atoms with van der Waals surface area (Å²) in [4.78, 5) is 18.6. The molecule has 2 aromatic heterocycles. The first-order valence-corrected chi connectivity index (χ1v) is 19.5. The van der Waals surface area contributed by atoms with Crippen molar-refractivity contribution < 1.29 is 9.21 Å². The van der Waals surface area contributed by atoms with Crippen molar-refractivity contribution >= 4 is 29.0 Å². The molecule has 3 heterocycles. The maximum absolute atomic E-state index is 13.6. The first-order valence-electron chi connectivity index (χ1n) is 18.7. The van der Waals surface area contributed by atoms with Crippen LogP contribution in [-0.2, 0) is 6.54 Å². The summed E-state index contributed by atoms with van der Waals surface area (Å²) in [6, 6.07) is 21.9. The van der Waals surface area contributed by atoms with Crippen LogP contribution in [0.4, 0.5) is 0 Å². The number of ketones is 1. The Morgan fingerprint density at radius 3 is 1.90 bits per heavy atom. The van der Waals surface area contributed by atoms with Crippen LogP contribution in [0, 0.1) is 6.92 Å². The zero-order valence-electron chi connectivity index (χ0n) is 29.6. The molecule has 1 fully saturated rings. The number of nitrogens with zero attached hydrogens (tertiary/aromatic N) is 3. The number of furan rings is 1. The van der Waals surface area contributed by atoms with Crippen LogP contribution < -0.4 is 0 Å². The Labute approximate surface area is 304 Å². The topological polar surface area (TPSA) is 41.6 Å².